The average Bonchev–Trinajstić information content (AvgIpc) is 2.61. The van der Waals surface area contributed by atoms with Crippen LogP contribution in [0.15, 0.2) is 53.4 Å². The third-order valence-electron chi connectivity index (χ3n) is 4.07. The highest BCUT2D eigenvalue weighted by Gasteiger charge is 2.26. The smallest absolute Gasteiger partial charge is 0.322 e. The summed E-state index contributed by atoms with van der Waals surface area (Å²) in [6.07, 6.45) is 1.64. The molecule has 132 valence electrons. The number of sulfonamides is 1. The molecule has 0 radical (unpaired) electrons. The third kappa shape index (κ3) is 4.18. The van der Waals surface area contributed by atoms with Gasteiger partial charge in [0, 0.05) is 0 Å². The Labute approximate surface area is 146 Å². The van der Waals surface area contributed by atoms with Crippen LogP contribution in [0.5, 0.6) is 5.75 Å². The van der Waals surface area contributed by atoms with Gasteiger partial charge in [0.1, 0.15) is 11.8 Å². The van der Waals surface area contributed by atoms with E-state index in [4.69, 9.17) is 4.74 Å². The van der Waals surface area contributed by atoms with E-state index in [0.29, 0.717) is 12.4 Å². The molecule has 1 heterocycles. The van der Waals surface area contributed by atoms with E-state index in [1.807, 2.05) is 6.07 Å². The zero-order valence-electron chi connectivity index (χ0n) is 13.5. The van der Waals surface area contributed by atoms with Crippen LogP contribution in [0, 0.1) is 0 Å². The fourth-order valence-electron chi connectivity index (χ4n) is 2.79. The zero-order valence-corrected chi connectivity index (χ0v) is 14.3. The van der Waals surface area contributed by atoms with Gasteiger partial charge in [0.25, 0.3) is 0 Å². The molecule has 0 bridgehead atoms. The van der Waals surface area contributed by atoms with Gasteiger partial charge in [-0.15, -0.1) is 0 Å². The second kappa shape index (κ2) is 7.25. The number of nitrogens with one attached hydrogen (secondary N) is 1. The van der Waals surface area contributed by atoms with Crippen molar-refractivity contribution in [2.24, 2.45) is 0 Å². The number of hydrogen-bond donors (Lipinski definition) is 2. The minimum absolute atomic E-state index is 0.0519. The first kappa shape index (κ1) is 17.4. The lowest BCUT2D eigenvalue weighted by atomic mass is 10.1. The van der Waals surface area contributed by atoms with E-state index in [1.165, 1.54) is 6.07 Å². The van der Waals surface area contributed by atoms with Gasteiger partial charge in [0.05, 0.1) is 11.5 Å². The maximum Gasteiger partial charge on any atom is 0.322 e. The summed E-state index contributed by atoms with van der Waals surface area (Å²) in [4.78, 5) is 11.6. The van der Waals surface area contributed by atoms with Gasteiger partial charge >= 0.3 is 5.97 Å². The van der Waals surface area contributed by atoms with Gasteiger partial charge in [-0.25, -0.2) is 8.42 Å². The van der Waals surface area contributed by atoms with Crippen LogP contribution in [0.2, 0.25) is 0 Å². The Morgan fingerprint density at radius 3 is 2.68 bits per heavy atom. The molecular formula is C18H19NO5S. The van der Waals surface area contributed by atoms with Crippen molar-refractivity contribution in [2.75, 3.05) is 6.61 Å². The summed E-state index contributed by atoms with van der Waals surface area (Å²) in [6, 6.07) is 12.3. The molecule has 1 aliphatic rings. The number of carboxylic acids is 1. The van der Waals surface area contributed by atoms with Crippen molar-refractivity contribution in [3.63, 3.8) is 0 Å². The van der Waals surface area contributed by atoms with Gasteiger partial charge in [-0.3, -0.25) is 4.79 Å². The number of carboxylic acid groups (broad SMARTS) is 1. The van der Waals surface area contributed by atoms with Crippen molar-refractivity contribution in [2.45, 2.75) is 30.2 Å². The van der Waals surface area contributed by atoms with Crippen LogP contribution in [0.1, 0.15) is 17.5 Å². The predicted octanol–water partition coefficient (Wildman–Crippen LogP) is 1.99. The Bertz CT molecular complexity index is 864. The van der Waals surface area contributed by atoms with Crippen LogP contribution < -0.4 is 9.46 Å². The van der Waals surface area contributed by atoms with Crippen molar-refractivity contribution in [1.29, 1.82) is 0 Å². The van der Waals surface area contributed by atoms with Crippen LogP contribution in [0.3, 0.4) is 0 Å². The summed E-state index contributed by atoms with van der Waals surface area (Å²) < 4.78 is 33.0. The highest BCUT2D eigenvalue weighted by Crippen LogP contribution is 2.27. The first-order valence-electron chi connectivity index (χ1n) is 8.00. The molecule has 2 N–H and O–H groups in total. The molecule has 2 aromatic rings. The number of carbonyl (C=O) groups is 1. The van der Waals surface area contributed by atoms with Crippen LogP contribution in [0.25, 0.3) is 0 Å². The minimum Gasteiger partial charge on any atom is -0.493 e. The highest BCUT2D eigenvalue weighted by atomic mass is 32.2. The van der Waals surface area contributed by atoms with Crippen LogP contribution in [-0.4, -0.2) is 32.1 Å². The Balaban J connectivity index is 1.82. The molecule has 0 aromatic heterocycles. The number of rotatable bonds is 6. The molecule has 7 heteroatoms. The lowest BCUT2D eigenvalue weighted by Gasteiger charge is -2.19. The first-order valence-corrected chi connectivity index (χ1v) is 9.49. The van der Waals surface area contributed by atoms with Gasteiger partial charge in [0.2, 0.25) is 10.0 Å². The van der Waals surface area contributed by atoms with Gasteiger partial charge in [-0.05, 0) is 48.6 Å². The van der Waals surface area contributed by atoms with Crippen molar-refractivity contribution in [3.05, 3.63) is 59.7 Å². The normalized spacial score (nSPS) is 15.0. The third-order valence-corrected chi connectivity index (χ3v) is 5.54. The number of fused-ring (bicyclic) bond motifs is 1. The molecule has 0 unspecified atom stereocenters. The molecule has 1 atom stereocenters. The first-order chi connectivity index (χ1) is 12.0. The SMILES string of the molecule is O=C(O)[C@@H](Cc1ccccc1)NS(=O)(=O)c1ccc2c(c1)CCCO2. The fourth-order valence-corrected chi connectivity index (χ4v) is 4.03. The van der Waals surface area contributed by atoms with Gasteiger partial charge in [-0.2, -0.15) is 4.72 Å². The average molecular weight is 361 g/mol. The van der Waals surface area contributed by atoms with Gasteiger partial charge < -0.3 is 9.84 Å². The fraction of sp³-hybridized carbons (Fsp3) is 0.278. The lowest BCUT2D eigenvalue weighted by molar-refractivity contribution is -0.138. The molecule has 0 fully saturated rings. The Morgan fingerprint density at radius 1 is 1.20 bits per heavy atom. The topological polar surface area (TPSA) is 92.7 Å². The second-order valence-electron chi connectivity index (χ2n) is 5.92. The van der Waals surface area contributed by atoms with Gasteiger partial charge in [0.15, 0.2) is 0 Å². The number of hydrogen-bond acceptors (Lipinski definition) is 4. The maximum atomic E-state index is 12.6. The second-order valence-corrected chi connectivity index (χ2v) is 7.64. The Hall–Kier alpha value is -2.38. The molecule has 1 aliphatic heterocycles. The molecule has 0 saturated carbocycles. The molecule has 2 aromatic carbocycles. The molecular weight excluding hydrogens is 342 g/mol. The lowest BCUT2D eigenvalue weighted by Crippen LogP contribution is -2.42. The molecule has 3 rings (SSSR count). The predicted molar refractivity (Wildman–Crippen MR) is 92.1 cm³/mol. The van der Waals surface area contributed by atoms with E-state index in [9.17, 15) is 18.3 Å². The molecule has 0 spiro atoms. The van der Waals surface area contributed by atoms with E-state index in [2.05, 4.69) is 4.72 Å². The summed E-state index contributed by atoms with van der Waals surface area (Å²) in [6.45, 7) is 0.621. The minimum atomic E-state index is -3.94. The van der Waals surface area contributed by atoms with E-state index < -0.39 is 22.0 Å². The van der Waals surface area contributed by atoms with Crippen molar-refractivity contribution in [3.8, 4) is 5.75 Å². The quantitative estimate of drug-likeness (QED) is 0.821. The van der Waals surface area contributed by atoms with E-state index in [0.717, 1.165) is 24.0 Å². The Kier molecular flexibility index (Phi) is 5.06. The molecule has 25 heavy (non-hydrogen) atoms. The van der Waals surface area contributed by atoms with E-state index in [1.54, 1.807) is 36.4 Å². The van der Waals surface area contributed by atoms with Gasteiger partial charge in [-0.1, -0.05) is 30.3 Å². The number of aliphatic carboxylic acids is 1. The van der Waals surface area contributed by atoms with Crippen LogP contribution >= 0.6 is 0 Å². The zero-order chi connectivity index (χ0) is 17.9. The van der Waals surface area contributed by atoms with Crippen molar-refractivity contribution < 1.29 is 23.1 Å². The molecule has 6 nitrogen and oxygen atoms in total. The van der Waals surface area contributed by atoms with E-state index >= 15 is 0 Å². The molecule has 0 amide bonds. The standard InChI is InChI=1S/C18H19NO5S/c20-18(21)16(11-13-5-2-1-3-6-13)19-25(22,23)15-8-9-17-14(12-15)7-4-10-24-17/h1-3,5-6,8-9,12,16,19H,4,7,10-11H2,(H,20,21)/t16-/m1/s1. The number of benzene rings is 2. The Morgan fingerprint density at radius 2 is 1.96 bits per heavy atom. The summed E-state index contributed by atoms with van der Waals surface area (Å²) in [5, 5.41) is 9.39. The van der Waals surface area contributed by atoms with Crippen LogP contribution in [0.4, 0.5) is 0 Å². The summed E-state index contributed by atoms with van der Waals surface area (Å²) in [5.74, 6) is -0.530. The number of ether oxygens (including phenoxy) is 1. The van der Waals surface area contributed by atoms with Crippen LogP contribution in [-0.2, 0) is 27.7 Å². The molecule has 0 saturated heterocycles. The summed E-state index contributed by atoms with van der Waals surface area (Å²) in [5.41, 5.74) is 1.57. The van der Waals surface area contributed by atoms with E-state index in [-0.39, 0.29) is 11.3 Å². The maximum absolute atomic E-state index is 12.6. The van der Waals surface area contributed by atoms with Crippen molar-refractivity contribution in [1.82, 2.24) is 4.72 Å². The monoisotopic (exact) mass is 361 g/mol. The summed E-state index contributed by atoms with van der Waals surface area (Å²) in [7, 11) is -3.94. The molecule has 0 aliphatic carbocycles. The summed E-state index contributed by atoms with van der Waals surface area (Å²) >= 11 is 0. The largest absolute Gasteiger partial charge is 0.493 e. The van der Waals surface area contributed by atoms with Crippen molar-refractivity contribution >= 4 is 16.0 Å². The number of aryl methyl sites for hydroxylation is 1. The highest BCUT2D eigenvalue weighted by molar-refractivity contribution is 7.89.